The first-order valence-electron chi connectivity index (χ1n) is 9.03. The summed E-state index contributed by atoms with van der Waals surface area (Å²) in [7, 11) is 1.96. The zero-order valence-corrected chi connectivity index (χ0v) is 15.8. The Kier molecular flexibility index (Phi) is 6.53. The third-order valence-corrected chi connectivity index (χ3v) is 5.11. The molecule has 1 N–H and O–H groups in total. The Balaban J connectivity index is 1.56. The minimum Gasteiger partial charge on any atom is -0.489 e. The predicted octanol–water partition coefficient (Wildman–Crippen LogP) is 3.53. The zero-order chi connectivity index (χ0) is 18.4. The predicted molar refractivity (Wildman–Crippen MR) is 105 cm³/mol. The van der Waals surface area contributed by atoms with E-state index in [4.69, 9.17) is 16.3 Å². The summed E-state index contributed by atoms with van der Waals surface area (Å²) >= 11 is 6.16. The first kappa shape index (κ1) is 18.7. The van der Waals surface area contributed by atoms with Crippen LogP contribution in [-0.4, -0.2) is 37.5 Å². The fourth-order valence-electron chi connectivity index (χ4n) is 3.32. The monoisotopic (exact) mass is 372 g/mol. The molecule has 1 fully saturated rings. The van der Waals surface area contributed by atoms with Gasteiger partial charge >= 0.3 is 0 Å². The average Bonchev–Trinajstić information content (AvgIpc) is 3.11. The highest BCUT2D eigenvalue weighted by molar-refractivity contribution is 6.31. The topological polar surface area (TPSA) is 41.6 Å². The van der Waals surface area contributed by atoms with Gasteiger partial charge < -0.3 is 15.0 Å². The molecular weight excluding hydrogens is 348 g/mol. The van der Waals surface area contributed by atoms with Crippen LogP contribution in [0.15, 0.2) is 48.5 Å². The van der Waals surface area contributed by atoms with Crippen molar-refractivity contribution in [2.75, 3.05) is 26.7 Å². The number of hydrogen-bond acceptors (Lipinski definition) is 3. The summed E-state index contributed by atoms with van der Waals surface area (Å²) in [6.45, 7) is 3.08. The van der Waals surface area contributed by atoms with Crippen LogP contribution in [0, 0.1) is 5.92 Å². The van der Waals surface area contributed by atoms with Crippen LogP contribution in [0.4, 0.5) is 0 Å². The van der Waals surface area contributed by atoms with Gasteiger partial charge in [-0.2, -0.15) is 0 Å². The van der Waals surface area contributed by atoms with Crippen molar-refractivity contribution in [3.05, 3.63) is 64.7 Å². The highest BCUT2D eigenvalue weighted by Crippen LogP contribution is 2.21. The first-order valence-corrected chi connectivity index (χ1v) is 9.41. The number of benzene rings is 2. The largest absolute Gasteiger partial charge is 0.489 e. The molecule has 1 aliphatic rings. The second kappa shape index (κ2) is 9.06. The molecule has 0 unspecified atom stereocenters. The van der Waals surface area contributed by atoms with Crippen LogP contribution in [0.3, 0.4) is 0 Å². The Labute approximate surface area is 160 Å². The Bertz CT molecular complexity index is 750. The van der Waals surface area contributed by atoms with Gasteiger partial charge in [0.1, 0.15) is 12.4 Å². The van der Waals surface area contributed by atoms with E-state index in [0.717, 1.165) is 42.9 Å². The summed E-state index contributed by atoms with van der Waals surface area (Å²) in [5.41, 5.74) is 1.92. The van der Waals surface area contributed by atoms with Crippen molar-refractivity contribution in [2.45, 2.75) is 19.4 Å². The molecule has 2 aromatic carbocycles. The van der Waals surface area contributed by atoms with E-state index in [-0.39, 0.29) is 5.91 Å². The fourth-order valence-corrected chi connectivity index (χ4v) is 3.51. The van der Waals surface area contributed by atoms with Gasteiger partial charge in [0.25, 0.3) is 0 Å². The molecule has 3 rings (SSSR count). The Hall–Kier alpha value is -2.04. The number of rotatable bonds is 7. The number of carbonyl (C=O) groups is 1. The van der Waals surface area contributed by atoms with Crippen molar-refractivity contribution in [3.8, 4) is 5.75 Å². The molecule has 0 aromatic heterocycles. The van der Waals surface area contributed by atoms with Gasteiger partial charge in [-0.15, -0.1) is 0 Å². The third-order valence-electron chi connectivity index (χ3n) is 4.74. The number of carbonyl (C=O) groups excluding carboxylic acids is 1. The smallest absolute Gasteiger partial charge is 0.227 e. The van der Waals surface area contributed by atoms with E-state index in [1.165, 1.54) is 0 Å². The Morgan fingerprint density at radius 3 is 2.92 bits per heavy atom. The lowest BCUT2D eigenvalue weighted by atomic mass is 10.1. The molecule has 0 bridgehead atoms. The van der Waals surface area contributed by atoms with Gasteiger partial charge in [0.15, 0.2) is 0 Å². The SMILES string of the molecule is CNC[C@@H]1CCN(C(=O)Cc2cccc(OCc3ccccc3Cl)c2)C1. The second-order valence-electron chi connectivity index (χ2n) is 6.76. The number of likely N-dealkylation sites (tertiary alicyclic amines) is 1. The normalized spacial score (nSPS) is 16.7. The summed E-state index contributed by atoms with van der Waals surface area (Å²) < 4.78 is 5.85. The van der Waals surface area contributed by atoms with Gasteiger partial charge in [0, 0.05) is 23.7 Å². The highest BCUT2D eigenvalue weighted by atomic mass is 35.5. The van der Waals surface area contributed by atoms with E-state index in [1.807, 2.05) is 60.5 Å². The van der Waals surface area contributed by atoms with E-state index >= 15 is 0 Å². The van der Waals surface area contributed by atoms with Gasteiger partial charge in [-0.05, 0) is 49.7 Å². The zero-order valence-electron chi connectivity index (χ0n) is 15.1. The van der Waals surface area contributed by atoms with Crippen molar-refractivity contribution in [3.63, 3.8) is 0 Å². The number of ether oxygens (including phenoxy) is 1. The van der Waals surface area contributed by atoms with E-state index in [9.17, 15) is 4.79 Å². The van der Waals surface area contributed by atoms with Crippen molar-refractivity contribution in [2.24, 2.45) is 5.92 Å². The van der Waals surface area contributed by atoms with E-state index in [2.05, 4.69) is 5.32 Å². The Morgan fingerprint density at radius 1 is 1.27 bits per heavy atom. The molecule has 5 heteroatoms. The molecular formula is C21H25ClN2O2. The summed E-state index contributed by atoms with van der Waals surface area (Å²) in [4.78, 5) is 14.5. The molecule has 1 heterocycles. The lowest BCUT2D eigenvalue weighted by molar-refractivity contribution is -0.129. The molecule has 0 aliphatic carbocycles. The van der Waals surface area contributed by atoms with Crippen LogP contribution >= 0.6 is 11.6 Å². The molecule has 0 radical (unpaired) electrons. The van der Waals surface area contributed by atoms with Crippen molar-refractivity contribution < 1.29 is 9.53 Å². The van der Waals surface area contributed by atoms with Gasteiger partial charge in [-0.25, -0.2) is 0 Å². The van der Waals surface area contributed by atoms with E-state index < -0.39 is 0 Å². The second-order valence-corrected chi connectivity index (χ2v) is 7.16. The molecule has 0 spiro atoms. The van der Waals surface area contributed by atoms with Crippen LogP contribution in [0.25, 0.3) is 0 Å². The summed E-state index contributed by atoms with van der Waals surface area (Å²) in [6, 6.07) is 15.4. The number of nitrogens with one attached hydrogen (secondary N) is 1. The van der Waals surface area contributed by atoms with Crippen LogP contribution in [0.2, 0.25) is 5.02 Å². The molecule has 1 aliphatic heterocycles. The number of nitrogens with zero attached hydrogens (tertiary/aromatic N) is 1. The molecule has 26 heavy (non-hydrogen) atoms. The fraction of sp³-hybridized carbons (Fsp3) is 0.381. The molecule has 1 amide bonds. The van der Waals surface area contributed by atoms with E-state index in [1.54, 1.807) is 0 Å². The van der Waals surface area contributed by atoms with Crippen LogP contribution in [0.1, 0.15) is 17.5 Å². The minimum absolute atomic E-state index is 0.187. The maximum Gasteiger partial charge on any atom is 0.227 e. The standard InChI is InChI=1S/C21H25ClN2O2/c1-23-13-17-9-10-24(14-17)21(25)12-16-5-4-7-19(11-16)26-15-18-6-2-3-8-20(18)22/h2-8,11,17,23H,9-10,12-15H2,1H3/t17-/m0/s1. The Morgan fingerprint density at radius 2 is 2.12 bits per heavy atom. The molecule has 138 valence electrons. The molecule has 1 saturated heterocycles. The first-order chi connectivity index (χ1) is 12.7. The molecule has 0 saturated carbocycles. The molecule has 4 nitrogen and oxygen atoms in total. The maximum atomic E-state index is 12.5. The van der Waals surface area contributed by atoms with Crippen LogP contribution < -0.4 is 10.1 Å². The van der Waals surface area contributed by atoms with Crippen LogP contribution in [-0.2, 0) is 17.8 Å². The number of amides is 1. The number of hydrogen-bond donors (Lipinski definition) is 1. The van der Waals surface area contributed by atoms with Gasteiger partial charge in [-0.3, -0.25) is 4.79 Å². The van der Waals surface area contributed by atoms with Gasteiger partial charge in [0.05, 0.1) is 6.42 Å². The average molecular weight is 373 g/mol. The van der Waals surface area contributed by atoms with Gasteiger partial charge in [0.2, 0.25) is 5.91 Å². The molecule has 2 aromatic rings. The van der Waals surface area contributed by atoms with Crippen molar-refractivity contribution >= 4 is 17.5 Å². The highest BCUT2D eigenvalue weighted by Gasteiger charge is 2.25. The lowest BCUT2D eigenvalue weighted by Crippen LogP contribution is -2.31. The summed E-state index contributed by atoms with van der Waals surface area (Å²) in [6.07, 6.45) is 1.49. The van der Waals surface area contributed by atoms with Crippen molar-refractivity contribution in [1.29, 1.82) is 0 Å². The maximum absolute atomic E-state index is 12.5. The quantitative estimate of drug-likeness (QED) is 0.808. The number of halogens is 1. The van der Waals surface area contributed by atoms with E-state index in [0.29, 0.717) is 24.0 Å². The minimum atomic E-state index is 0.187. The van der Waals surface area contributed by atoms with Crippen LogP contribution in [0.5, 0.6) is 5.75 Å². The third kappa shape index (κ3) is 4.99. The summed E-state index contributed by atoms with van der Waals surface area (Å²) in [5.74, 6) is 1.51. The van der Waals surface area contributed by atoms with Crippen molar-refractivity contribution in [1.82, 2.24) is 10.2 Å². The van der Waals surface area contributed by atoms with Gasteiger partial charge in [-0.1, -0.05) is 41.9 Å². The molecule has 1 atom stereocenters. The lowest BCUT2D eigenvalue weighted by Gasteiger charge is -2.17. The summed E-state index contributed by atoms with van der Waals surface area (Å²) in [5, 5.41) is 3.89.